The lowest BCUT2D eigenvalue weighted by Crippen LogP contribution is -2.23. The number of benzene rings is 1. The molecule has 204 valence electrons. The second kappa shape index (κ2) is 12.4. The second-order valence-corrected chi connectivity index (χ2v) is 10.0. The zero-order valence-electron chi connectivity index (χ0n) is 23.6. The van der Waals surface area contributed by atoms with Crippen molar-refractivity contribution >= 4 is 23.1 Å². The largest absolute Gasteiger partial charge is 0.359 e. The molecule has 3 aromatic heterocycles. The lowest BCUT2D eigenvalue weighted by Gasteiger charge is -2.13. The summed E-state index contributed by atoms with van der Waals surface area (Å²) in [5.41, 5.74) is 6.95. The molecule has 0 radical (unpaired) electrons. The fourth-order valence-electron chi connectivity index (χ4n) is 4.67. The van der Waals surface area contributed by atoms with Gasteiger partial charge >= 0.3 is 0 Å². The fourth-order valence-corrected chi connectivity index (χ4v) is 4.67. The molecule has 0 unspecified atom stereocenters. The predicted octanol–water partition coefficient (Wildman–Crippen LogP) is 7.06. The van der Waals surface area contributed by atoms with Crippen LogP contribution >= 0.6 is 0 Å². The Hall–Kier alpha value is -4.71. The minimum atomic E-state index is -0.314. The van der Waals surface area contributed by atoms with Crippen LogP contribution in [0.4, 0.5) is 4.39 Å². The lowest BCUT2D eigenvalue weighted by molar-refractivity contribution is 0.622. The molecule has 4 rings (SSSR count). The second-order valence-electron chi connectivity index (χ2n) is 10.0. The molecule has 0 saturated carbocycles. The van der Waals surface area contributed by atoms with Gasteiger partial charge < -0.3 is 10.3 Å². The third kappa shape index (κ3) is 6.12. The van der Waals surface area contributed by atoms with Crippen LogP contribution in [0, 0.1) is 11.7 Å². The number of aromatic amines is 2. The minimum Gasteiger partial charge on any atom is -0.359 e. The standard InChI is InChI=1S/C34H36FN5/c1-8-24(19-25(9-2)37-23(7)17-21(4)5)22(6)18-27-30(10-3)39-40-34(27)32-20-28-31(38-32)15-16-36-33(28)26-13-11-12-14-29(26)35/h8-16,18-21,37-39H,2,6-7,17H2,1,3-5H3/b24-8+,25-19+,27-18+,30-10+. The molecule has 0 aliphatic carbocycles. The van der Waals surface area contributed by atoms with E-state index in [0.717, 1.165) is 61.8 Å². The van der Waals surface area contributed by atoms with Crippen molar-refractivity contribution in [2.45, 2.75) is 34.1 Å². The molecule has 3 heterocycles. The number of hydrogen-bond donors (Lipinski definition) is 3. The molecule has 0 saturated heterocycles. The van der Waals surface area contributed by atoms with Gasteiger partial charge in [-0.1, -0.05) is 57.9 Å². The average molecular weight is 534 g/mol. The first-order valence-electron chi connectivity index (χ1n) is 13.4. The van der Waals surface area contributed by atoms with Crippen molar-refractivity contribution < 1.29 is 4.39 Å². The Labute approximate surface area is 235 Å². The summed E-state index contributed by atoms with van der Waals surface area (Å²) in [6.45, 7) is 20.7. The van der Waals surface area contributed by atoms with Crippen LogP contribution in [-0.4, -0.2) is 20.2 Å². The van der Waals surface area contributed by atoms with Crippen LogP contribution in [0.1, 0.15) is 34.1 Å². The zero-order chi connectivity index (χ0) is 28.8. The van der Waals surface area contributed by atoms with Gasteiger partial charge in [-0.05, 0) is 79.8 Å². The Bertz CT molecular complexity index is 1760. The van der Waals surface area contributed by atoms with Crippen LogP contribution in [0.25, 0.3) is 45.7 Å². The number of nitrogens with one attached hydrogen (secondary N) is 3. The van der Waals surface area contributed by atoms with Gasteiger partial charge in [0, 0.05) is 39.3 Å². The molecular weight excluding hydrogens is 497 g/mol. The Morgan fingerprint density at radius 2 is 1.90 bits per heavy atom. The van der Waals surface area contributed by atoms with Crippen molar-refractivity contribution in [2.75, 3.05) is 0 Å². The van der Waals surface area contributed by atoms with E-state index in [9.17, 15) is 4.39 Å². The van der Waals surface area contributed by atoms with E-state index in [1.807, 2.05) is 56.4 Å². The van der Waals surface area contributed by atoms with Gasteiger partial charge in [-0.25, -0.2) is 4.39 Å². The Morgan fingerprint density at radius 3 is 2.58 bits per heavy atom. The maximum atomic E-state index is 14.6. The summed E-state index contributed by atoms with van der Waals surface area (Å²) in [5, 5.41) is 13.7. The number of H-pyrrole nitrogens is 2. The molecule has 0 aliphatic heterocycles. The molecular formula is C34H36FN5. The molecule has 1 aromatic carbocycles. The predicted molar refractivity (Wildman–Crippen MR) is 166 cm³/mol. The minimum absolute atomic E-state index is 0.314. The van der Waals surface area contributed by atoms with Crippen LogP contribution in [0.3, 0.4) is 0 Å². The van der Waals surface area contributed by atoms with Crippen molar-refractivity contribution in [3.8, 4) is 22.6 Å². The van der Waals surface area contributed by atoms with E-state index >= 15 is 0 Å². The molecule has 0 aliphatic rings. The molecule has 0 atom stereocenters. The highest BCUT2D eigenvalue weighted by Crippen LogP contribution is 2.30. The summed E-state index contributed by atoms with van der Waals surface area (Å²) in [4.78, 5) is 7.94. The van der Waals surface area contributed by atoms with Crippen molar-refractivity contribution in [1.82, 2.24) is 25.5 Å². The fraction of sp³-hybridized carbons (Fsp3) is 0.176. The van der Waals surface area contributed by atoms with Gasteiger partial charge in [0.05, 0.1) is 16.7 Å². The van der Waals surface area contributed by atoms with Crippen molar-refractivity contribution in [2.24, 2.45) is 5.92 Å². The molecule has 0 fully saturated rings. The molecule has 5 nitrogen and oxygen atoms in total. The smallest absolute Gasteiger partial charge is 0.132 e. The molecule has 0 amide bonds. The Morgan fingerprint density at radius 1 is 1.12 bits per heavy atom. The zero-order valence-corrected chi connectivity index (χ0v) is 23.6. The molecule has 4 aromatic rings. The maximum absolute atomic E-state index is 14.6. The van der Waals surface area contributed by atoms with Crippen LogP contribution in [-0.2, 0) is 0 Å². The van der Waals surface area contributed by atoms with Crippen molar-refractivity contribution in [3.05, 3.63) is 119 Å². The number of aromatic nitrogens is 4. The van der Waals surface area contributed by atoms with Gasteiger partial charge in [0.25, 0.3) is 0 Å². The quantitative estimate of drug-likeness (QED) is 0.191. The van der Waals surface area contributed by atoms with Crippen LogP contribution in [0.2, 0.25) is 0 Å². The summed E-state index contributed by atoms with van der Waals surface area (Å²) in [6, 6.07) is 10.5. The van der Waals surface area contributed by atoms with Crippen LogP contribution in [0.15, 0.2) is 103 Å². The van der Waals surface area contributed by atoms with E-state index in [2.05, 4.69) is 59.1 Å². The number of hydrogen-bond acceptors (Lipinski definition) is 3. The van der Waals surface area contributed by atoms with Gasteiger partial charge in [-0.15, -0.1) is 0 Å². The third-order valence-corrected chi connectivity index (χ3v) is 6.56. The molecule has 6 heteroatoms. The first-order chi connectivity index (χ1) is 19.2. The SMILES string of the molecule is C=C/C(=C\C(=C/C)C(=C)/C=c1/c(-c2cc3c(-c4ccccc4F)nccc3[nH]2)n[nH]/c1=C/C)NC(=C)CC(C)C. The third-order valence-electron chi connectivity index (χ3n) is 6.56. The van der Waals surface area contributed by atoms with E-state index in [1.165, 1.54) is 6.07 Å². The summed E-state index contributed by atoms with van der Waals surface area (Å²) in [7, 11) is 0. The summed E-state index contributed by atoms with van der Waals surface area (Å²) < 4.78 is 14.6. The molecule has 0 spiro atoms. The van der Waals surface area contributed by atoms with Crippen molar-refractivity contribution in [3.63, 3.8) is 0 Å². The monoisotopic (exact) mass is 533 g/mol. The highest BCUT2D eigenvalue weighted by atomic mass is 19.1. The Balaban J connectivity index is 1.76. The average Bonchev–Trinajstić information content (AvgIpc) is 3.54. The van der Waals surface area contributed by atoms with Gasteiger partial charge in [0.1, 0.15) is 11.5 Å². The van der Waals surface area contributed by atoms with E-state index in [1.54, 1.807) is 24.4 Å². The summed E-state index contributed by atoms with van der Waals surface area (Å²) >= 11 is 0. The number of fused-ring (bicyclic) bond motifs is 1. The molecule has 40 heavy (non-hydrogen) atoms. The maximum Gasteiger partial charge on any atom is 0.132 e. The molecule has 0 bridgehead atoms. The number of allylic oxidation sites excluding steroid dienone is 6. The number of pyridine rings is 1. The summed E-state index contributed by atoms with van der Waals surface area (Å²) in [6.07, 6.45) is 12.4. The first-order valence-corrected chi connectivity index (χ1v) is 13.4. The lowest BCUT2D eigenvalue weighted by atomic mass is 10.0. The Kier molecular flexibility index (Phi) is 8.80. The number of halogens is 1. The van der Waals surface area contributed by atoms with E-state index < -0.39 is 0 Å². The van der Waals surface area contributed by atoms with Crippen LogP contribution in [0.5, 0.6) is 0 Å². The molecule has 3 N–H and O–H groups in total. The van der Waals surface area contributed by atoms with Gasteiger partial charge in [0.15, 0.2) is 0 Å². The number of nitrogens with zero attached hydrogens (tertiary/aromatic N) is 2. The highest BCUT2D eigenvalue weighted by Gasteiger charge is 2.15. The first kappa shape index (κ1) is 28.3. The van der Waals surface area contributed by atoms with E-state index in [4.69, 9.17) is 0 Å². The van der Waals surface area contributed by atoms with Gasteiger partial charge in [-0.3, -0.25) is 10.1 Å². The summed E-state index contributed by atoms with van der Waals surface area (Å²) in [5.74, 6) is 0.188. The topological polar surface area (TPSA) is 69.4 Å². The van der Waals surface area contributed by atoms with Crippen molar-refractivity contribution in [1.29, 1.82) is 0 Å². The number of rotatable bonds is 10. The van der Waals surface area contributed by atoms with Gasteiger partial charge in [-0.2, -0.15) is 5.10 Å². The highest BCUT2D eigenvalue weighted by molar-refractivity contribution is 5.96. The van der Waals surface area contributed by atoms with E-state index in [0.29, 0.717) is 17.2 Å². The normalized spacial score (nSPS) is 13.3. The van der Waals surface area contributed by atoms with E-state index in [-0.39, 0.29) is 5.82 Å². The van der Waals surface area contributed by atoms with Crippen LogP contribution < -0.4 is 15.9 Å². The van der Waals surface area contributed by atoms with Gasteiger partial charge in [0.2, 0.25) is 0 Å².